The lowest BCUT2D eigenvalue weighted by Crippen LogP contribution is -2.59. The van der Waals surface area contributed by atoms with Crippen molar-refractivity contribution in [2.45, 2.75) is 25.3 Å². The van der Waals surface area contributed by atoms with Gasteiger partial charge in [-0.15, -0.1) is 0 Å². The maximum atomic E-state index is 12.6. The molecule has 1 amide bonds. The van der Waals surface area contributed by atoms with E-state index in [1.807, 2.05) is 53.4 Å². The van der Waals surface area contributed by atoms with Crippen molar-refractivity contribution in [1.82, 2.24) is 19.9 Å². The van der Waals surface area contributed by atoms with E-state index in [1.54, 1.807) is 0 Å². The minimum Gasteiger partial charge on any atom is -0.341 e. The number of aryl methyl sites for hydroxylation is 1. The SMILES string of the molecule is CN1CC2(CC1c1noc(-c3ccccc3)n1)CN(C(=O)CCc1ccccc1)C2. The predicted molar refractivity (Wildman–Crippen MR) is 113 cm³/mol. The van der Waals surface area contributed by atoms with Crippen LogP contribution in [0.4, 0.5) is 0 Å². The van der Waals surface area contributed by atoms with Gasteiger partial charge in [-0.05, 0) is 37.6 Å². The smallest absolute Gasteiger partial charge is 0.257 e. The first-order valence-electron chi connectivity index (χ1n) is 10.5. The third-order valence-electron chi connectivity index (χ3n) is 6.38. The molecule has 6 nitrogen and oxygen atoms in total. The lowest BCUT2D eigenvalue weighted by atomic mass is 9.77. The third-order valence-corrected chi connectivity index (χ3v) is 6.38. The summed E-state index contributed by atoms with van der Waals surface area (Å²) in [5, 5.41) is 4.26. The van der Waals surface area contributed by atoms with E-state index < -0.39 is 0 Å². The molecule has 0 N–H and O–H groups in total. The van der Waals surface area contributed by atoms with Crippen LogP contribution in [-0.2, 0) is 11.2 Å². The van der Waals surface area contributed by atoms with Crippen LogP contribution in [-0.4, -0.2) is 52.5 Å². The highest BCUT2D eigenvalue weighted by atomic mass is 16.5. The summed E-state index contributed by atoms with van der Waals surface area (Å²) in [4.78, 5) is 21.6. The Bertz CT molecular complexity index is 1010. The second-order valence-electron chi connectivity index (χ2n) is 8.69. The molecule has 5 rings (SSSR count). The van der Waals surface area contributed by atoms with Gasteiger partial charge in [-0.2, -0.15) is 4.98 Å². The number of hydrogen-bond donors (Lipinski definition) is 0. The van der Waals surface area contributed by atoms with E-state index in [9.17, 15) is 4.79 Å². The Morgan fingerprint density at radius 3 is 2.50 bits per heavy atom. The van der Waals surface area contributed by atoms with Crippen molar-refractivity contribution >= 4 is 5.91 Å². The number of carbonyl (C=O) groups is 1. The molecule has 2 saturated heterocycles. The summed E-state index contributed by atoms with van der Waals surface area (Å²) in [6.07, 6.45) is 2.33. The largest absolute Gasteiger partial charge is 0.341 e. The number of carbonyl (C=O) groups excluding carboxylic acids is 1. The monoisotopic (exact) mass is 402 g/mol. The van der Waals surface area contributed by atoms with Gasteiger partial charge in [0.15, 0.2) is 5.82 Å². The number of hydrogen-bond acceptors (Lipinski definition) is 5. The highest BCUT2D eigenvalue weighted by Crippen LogP contribution is 2.47. The highest BCUT2D eigenvalue weighted by Gasteiger charge is 2.52. The molecule has 3 heterocycles. The van der Waals surface area contributed by atoms with E-state index in [2.05, 4.69) is 34.2 Å². The Kier molecular flexibility index (Phi) is 4.87. The molecule has 0 saturated carbocycles. The zero-order valence-electron chi connectivity index (χ0n) is 17.2. The molecule has 1 spiro atoms. The van der Waals surface area contributed by atoms with Gasteiger partial charge in [-0.3, -0.25) is 9.69 Å². The third kappa shape index (κ3) is 3.63. The van der Waals surface area contributed by atoms with E-state index in [4.69, 9.17) is 4.52 Å². The topological polar surface area (TPSA) is 62.5 Å². The normalized spacial score (nSPS) is 20.4. The lowest BCUT2D eigenvalue weighted by molar-refractivity contribution is -0.142. The van der Waals surface area contributed by atoms with E-state index in [-0.39, 0.29) is 17.4 Å². The molecule has 3 aromatic rings. The van der Waals surface area contributed by atoms with Crippen molar-refractivity contribution in [3.05, 3.63) is 72.1 Å². The van der Waals surface area contributed by atoms with E-state index >= 15 is 0 Å². The van der Waals surface area contributed by atoms with Crippen molar-refractivity contribution in [3.8, 4) is 11.5 Å². The van der Waals surface area contributed by atoms with Gasteiger partial charge in [0.1, 0.15) is 0 Å². The fraction of sp³-hybridized carbons (Fsp3) is 0.375. The van der Waals surface area contributed by atoms with Gasteiger partial charge in [-0.1, -0.05) is 53.7 Å². The van der Waals surface area contributed by atoms with Crippen LogP contribution < -0.4 is 0 Å². The molecular weight excluding hydrogens is 376 g/mol. The lowest BCUT2D eigenvalue weighted by Gasteiger charge is -2.48. The zero-order chi connectivity index (χ0) is 20.6. The molecule has 2 aromatic carbocycles. The summed E-state index contributed by atoms with van der Waals surface area (Å²) < 4.78 is 5.51. The van der Waals surface area contributed by atoms with Crippen LogP contribution in [0.25, 0.3) is 11.5 Å². The van der Waals surface area contributed by atoms with E-state index in [1.165, 1.54) is 5.56 Å². The van der Waals surface area contributed by atoms with Crippen molar-refractivity contribution in [1.29, 1.82) is 0 Å². The van der Waals surface area contributed by atoms with Crippen LogP contribution in [0.3, 0.4) is 0 Å². The van der Waals surface area contributed by atoms with Crippen molar-refractivity contribution < 1.29 is 9.32 Å². The van der Waals surface area contributed by atoms with Crippen LogP contribution in [0.1, 0.15) is 30.3 Å². The minimum absolute atomic E-state index is 0.132. The maximum absolute atomic E-state index is 12.6. The summed E-state index contributed by atoms with van der Waals surface area (Å²) in [6, 6.07) is 20.2. The average Bonchev–Trinajstić information content (AvgIpc) is 3.37. The summed E-state index contributed by atoms with van der Waals surface area (Å²) in [7, 11) is 2.11. The van der Waals surface area contributed by atoms with E-state index in [0.717, 1.165) is 43.9 Å². The first-order valence-corrected chi connectivity index (χ1v) is 10.5. The van der Waals surface area contributed by atoms with Gasteiger partial charge in [0.05, 0.1) is 6.04 Å². The molecule has 6 heteroatoms. The van der Waals surface area contributed by atoms with E-state index in [0.29, 0.717) is 12.3 Å². The van der Waals surface area contributed by atoms with Crippen LogP contribution in [0, 0.1) is 5.41 Å². The van der Waals surface area contributed by atoms with Crippen molar-refractivity contribution in [3.63, 3.8) is 0 Å². The standard InChI is InChI=1S/C24H26N4O2/c1-27-15-24(16-28(17-24)21(29)13-12-18-8-4-2-5-9-18)14-20(27)22-25-23(30-26-22)19-10-6-3-7-11-19/h2-11,20H,12-17H2,1H3. The number of nitrogens with zero attached hydrogens (tertiary/aromatic N) is 4. The molecule has 1 atom stereocenters. The van der Waals surface area contributed by atoms with Gasteiger partial charge >= 0.3 is 0 Å². The average molecular weight is 402 g/mol. The van der Waals surface area contributed by atoms with Gasteiger partial charge in [0.25, 0.3) is 5.89 Å². The molecule has 2 aliphatic rings. The highest BCUT2D eigenvalue weighted by molar-refractivity contribution is 5.77. The Labute approximate surface area is 176 Å². The summed E-state index contributed by atoms with van der Waals surface area (Å²) >= 11 is 0. The van der Waals surface area contributed by atoms with Gasteiger partial charge in [0, 0.05) is 37.0 Å². The molecule has 0 aliphatic carbocycles. The van der Waals surface area contributed by atoms with Gasteiger partial charge < -0.3 is 9.42 Å². The first kappa shape index (κ1) is 19.0. The molecule has 1 aromatic heterocycles. The predicted octanol–water partition coefficient (Wildman–Crippen LogP) is 3.57. The second kappa shape index (κ2) is 7.69. The molecule has 0 radical (unpaired) electrons. The molecule has 2 fully saturated rings. The Morgan fingerprint density at radius 1 is 1.07 bits per heavy atom. The Balaban J connectivity index is 1.19. The molecule has 1 unspecified atom stereocenters. The Morgan fingerprint density at radius 2 is 1.77 bits per heavy atom. The first-order chi connectivity index (χ1) is 14.6. The molecule has 154 valence electrons. The summed E-state index contributed by atoms with van der Waals surface area (Å²) in [5.41, 5.74) is 2.30. The summed E-state index contributed by atoms with van der Waals surface area (Å²) in [5.74, 6) is 1.55. The van der Waals surface area contributed by atoms with Crippen molar-refractivity contribution in [2.75, 3.05) is 26.7 Å². The van der Waals surface area contributed by atoms with Crippen LogP contribution in [0.5, 0.6) is 0 Å². The molecule has 0 bridgehead atoms. The number of likely N-dealkylation sites (tertiary alicyclic amines) is 2. The molecule has 30 heavy (non-hydrogen) atoms. The van der Waals surface area contributed by atoms with Crippen LogP contribution >= 0.6 is 0 Å². The van der Waals surface area contributed by atoms with Crippen LogP contribution in [0.2, 0.25) is 0 Å². The number of aromatic nitrogens is 2. The van der Waals surface area contributed by atoms with Crippen molar-refractivity contribution in [2.24, 2.45) is 5.41 Å². The quantitative estimate of drug-likeness (QED) is 0.653. The zero-order valence-corrected chi connectivity index (χ0v) is 17.2. The van der Waals surface area contributed by atoms with Crippen LogP contribution in [0.15, 0.2) is 65.2 Å². The fourth-order valence-electron chi connectivity index (χ4n) is 4.85. The molecular formula is C24H26N4O2. The number of benzene rings is 2. The molecule has 2 aliphatic heterocycles. The maximum Gasteiger partial charge on any atom is 0.257 e. The summed E-state index contributed by atoms with van der Waals surface area (Å²) in [6.45, 7) is 2.60. The number of amides is 1. The van der Waals surface area contributed by atoms with Gasteiger partial charge in [-0.25, -0.2) is 0 Å². The minimum atomic E-state index is 0.132. The Hall–Kier alpha value is -2.99. The van der Waals surface area contributed by atoms with Gasteiger partial charge in [0.2, 0.25) is 5.91 Å². The second-order valence-corrected chi connectivity index (χ2v) is 8.69. The number of rotatable bonds is 5. The fourth-order valence-corrected chi connectivity index (χ4v) is 4.85.